The zero-order valence-electron chi connectivity index (χ0n) is 10.4. The standard InChI is InChI=1S/C12H12ClN5OS/c13-7-2-1-3-8(9(7)10(14)15)20-12-17-16-11(19)18(12)6-4-5-6/h1-3,6H,4-5H2,(H3,14,15)(H,16,19). The van der Waals surface area contributed by atoms with E-state index < -0.39 is 0 Å². The molecule has 4 N–H and O–H groups in total. The van der Waals surface area contributed by atoms with E-state index in [4.69, 9.17) is 22.7 Å². The number of benzene rings is 1. The predicted octanol–water partition coefficient (Wildman–Crippen LogP) is 1.99. The first kappa shape index (κ1) is 13.3. The maximum atomic E-state index is 11.7. The lowest BCUT2D eigenvalue weighted by Gasteiger charge is -2.09. The summed E-state index contributed by atoms with van der Waals surface area (Å²) in [6, 6.07) is 5.50. The smallest absolute Gasteiger partial charge is 0.344 e. The fourth-order valence-corrected chi connectivity index (χ4v) is 3.39. The van der Waals surface area contributed by atoms with Crippen LogP contribution in [0.25, 0.3) is 0 Å². The Balaban J connectivity index is 2.02. The van der Waals surface area contributed by atoms with Crippen LogP contribution in [0.4, 0.5) is 0 Å². The van der Waals surface area contributed by atoms with Gasteiger partial charge in [-0.2, -0.15) is 0 Å². The number of halogens is 1. The molecule has 1 aliphatic carbocycles. The number of aromatic amines is 1. The minimum Gasteiger partial charge on any atom is -0.384 e. The Morgan fingerprint density at radius 3 is 2.95 bits per heavy atom. The summed E-state index contributed by atoms with van der Waals surface area (Å²) in [7, 11) is 0. The summed E-state index contributed by atoms with van der Waals surface area (Å²) >= 11 is 7.37. The van der Waals surface area contributed by atoms with E-state index in [1.165, 1.54) is 11.8 Å². The Morgan fingerprint density at radius 1 is 1.55 bits per heavy atom. The number of nitrogen functional groups attached to an aromatic ring is 1. The number of nitrogens with two attached hydrogens (primary N) is 1. The van der Waals surface area contributed by atoms with Crippen LogP contribution in [0.3, 0.4) is 0 Å². The normalized spacial score (nSPS) is 14.4. The summed E-state index contributed by atoms with van der Waals surface area (Å²) in [5, 5.41) is 15.1. The maximum Gasteiger partial charge on any atom is 0.344 e. The van der Waals surface area contributed by atoms with Crippen molar-refractivity contribution in [1.82, 2.24) is 14.8 Å². The number of hydrogen-bond acceptors (Lipinski definition) is 4. The summed E-state index contributed by atoms with van der Waals surface area (Å²) in [5.41, 5.74) is 5.84. The minimum absolute atomic E-state index is 0.103. The number of rotatable bonds is 4. The second-order valence-corrected chi connectivity index (χ2v) is 5.96. The molecule has 0 spiro atoms. The lowest BCUT2D eigenvalue weighted by Crippen LogP contribution is -2.16. The molecule has 0 radical (unpaired) electrons. The van der Waals surface area contributed by atoms with E-state index in [1.807, 2.05) is 6.07 Å². The third kappa shape index (κ3) is 2.34. The van der Waals surface area contributed by atoms with Gasteiger partial charge in [-0.3, -0.25) is 9.98 Å². The van der Waals surface area contributed by atoms with Gasteiger partial charge in [0, 0.05) is 16.5 Å². The first-order valence-electron chi connectivity index (χ1n) is 6.05. The van der Waals surface area contributed by atoms with Crippen LogP contribution in [0.5, 0.6) is 0 Å². The van der Waals surface area contributed by atoms with Gasteiger partial charge in [-0.05, 0) is 36.7 Å². The van der Waals surface area contributed by atoms with Gasteiger partial charge in [0.1, 0.15) is 5.84 Å². The van der Waals surface area contributed by atoms with Gasteiger partial charge in [-0.25, -0.2) is 9.89 Å². The minimum atomic E-state index is -0.207. The van der Waals surface area contributed by atoms with E-state index in [0.29, 0.717) is 20.6 Å². The molecule has 0 unspecified atom stereocenters. The topological polar surface area (TPSA) is 101 Å². The number of aromatic nitrogens is 3. The van der Waals surface area contributed by atoms with Crippen molar-refractivity contribution in [2.24, 2.45) is 5.73 Å². The van der Waals surface area contributed by atoms with Gasteiger partial charge in [0.2, 0.25) is 0 Å². The van der Waals surface area contributed by atoms with Crippen molar-refractivity contribution in [2.45, 2.75) is 28.9 Å². The summed E-state index contributed by atoms with van der Waals surface area (Å²) < 4.78 is 1.65. The van der Waals surface area contributed by atoms with Gasteiger partial charge >= 0.3 is 5.69 Å². The second-order valence-electron chi connectivity index (χ2n) is 4.54. The summed E-state index contributed by atoms with van der Waals surface area (Å²) in [6.07, 6.45) is 1.98. The number of H-pyrrole nitrogens is 1. The lowest BCUT2D eigenvalue weighted by molar-refractivity contribution is 0.642. The van der Waals surface area contributed by atoms with Crippen molar-refractivity contribution in [3.8, 4) is 0 Å². The van der Waals surface area contributed by atoms with Crippen LogP contribution in [-0.2, 0) is 0 Å². The quantitative estimate of drug-likeness (QED) is 0.594. The zero-order valence-corrected chi connectivity index (χ0v) is 12.0. The Hall–Kier alpha value is -1.73. The largest absolute Gasteiger partial charge is 0.384 e. The molecule has 104 valence electrons. The Kier molecular flexibility index (Phi) is 3.31. The Morgan fingerprint density at radius 2 is 2.30 bits per heavy atom. The van der Waals surface area contributed by atoms with Gasteiger partial charge in [0.05, 0.1) is 5.02 Å². The molecule has 0 amide bonds. The van der Waals surface area contributed by atoms with Crippen LogP contribution in [0.1, 0.15) is 24.4 Å². The van der Waals surface area contributed by atoms with Gasteiger partial charge in [0.25, 0.3) is 0 Å². The molecule has 1 saturated carbocycles. The average molecular weight is 310 g/mol. The SMILES string of the molecule is N=C(N)c1c(Cl)cccc1Sc1n[nH]c(=O)n1C1CC1. The van der Waals surface area contributed by atoms with E-state index in [9.17, 15) is 4.79 Å². The van der Waals surface area contributed by atoms with E-state index in [2.05, 4.69) is 10.2 Å². The van der Waals surface area contributed by atoms with Gasteiger partial charge in [-0.1, -0.05) is 17.7 Å². The molecule has 1 fully saturated rings. The van der Waals surface area contributed by atoms with Crippen molar-refractivity contribution >= 4 is 29.2 Å². The number of nitrogens with zero attached hydrogens (tertiary/aromatic N) is 2. The summed E-state index contributed by atoms with van der Waals surface area (Å²) in [5.74, 6) is -0.103. The van der Waals surface area contributed by atoms with Crippen LogP contribution in [0.15, 0.2) is 33.0 Å². The molecular weight excluding hydrogens is 298 g/mol. The fraction of sp³-hybridized carbons (Fsp3) is 0.250. The van der Waals surface area contributed by atoms with Crippen molar-refractivity contribution in [3.63, 3.8) is 0 Å². The molecule has 6 nitrogen and oxygen atoms in total. The zero-order chi connectivity index (χ0) is 14.3. The van der Waals surface area contributed by atoms with Gasteiger partial charge in [-0.15, -0.1) is 5.10 Å². The molecule has 8 heteroatoms. The second kappa shape index (κ2) is 4.99. The molecule has 0 saturated heterocycles. The molecule has 1 aromatic carbocycles. The molecule has 2 aromatic rings. The fourth-order valence-electron chi connectivity index (χ4n) is 1.97. The third-order valence-corrected chi connectivity index (χ3v) is 4.38. The van der Waals surface area contributed by atoms with Crippen LogP contribution in [-0.4, -0.2) is 20.6 Å². The van der Waals surface area contributed by atoms with Crippen LogP contribution >= 0.6 is 23.4 Å². The van der Waals surface area contributed by atoms with Crippen LogP contribution in [0.2, 0.25) is 5.02 Å². The Labute approximate surface area is 123 Å². The van der Waals surface area contributed by atoms with Crippen molar-refractivity contribution < 1.29 is 0 Å². The van der Waals surface area contributed by atoms with Gasteiger partial charge in [0.15, 0.2) is 5.16 Å². The highest BCUT2D eigenvalue weighted by atomic mass is 35.5. The van der Waals surface area contributed by atoms with Gasteiger partial charge < -0.3 is 5.73 Å². The van der Waals surface area contributed by atoms with E-state index >= 15 is 0 Å². The first-order valence-corrected chi connectivity index (χ1v) is 7.25. The summed E-state index contributed by atoms with van der Waals surface area (Å²) in [4.78, 5) is 12.4. The summed E-state index contributed by atoms with van der Waals surface area (Å²) in [6.45, 7) is 0. The first-order chi connectivity index (χ1) is 9.58. The molecule has 0 bridgehead atoms. The molecule has 1 heterocycles. The molecule has 3 rings (SSSR count). The molecule has 0 aliphatic heterocycles. The van der Waals surface area contributed by atoms with Crippen LogP contribution in [0, 0.1) is 5.41 Å². The molecule has 0 atom stereocenters. The highest BCUT2D eigenvalue weighted by Crippen LogP contribution is 2.39. The molecule has 1 aromatic heterocycles. The molecular formula is C12H12ClN5OS. The molecule has 20 heavy (non-hydrogen) atoms. The van der Waals surface area contributed by atoms with E-state index in [-0.39, 0.29) is 17.6 Å². The van der Waals surface area contributed by atoms with E-state index in [0.717, 1.165) is 12.8 Å². The monoisotopic (exact) mass is 309 g/mol. The highest BCUT2D eigenvalue weighted by Gasteiger charge is 2.29. The van der Waals surface area contributed by atoms with Crippen molar-refractivity contribution in [3.05, 3.63) is 39.3 Å². The maximum absolute atomic E-state index is 11.7. The lowest BCUT2D eigenvalue weighted by atomic mass is 10.2. The average Bonchev–Trinajstić information content (AvgIpc) is 3.15. The predicted molar refractivity (Wildman–Crippen MR) is 77.7 cm³/mol. The number of amidine groups is 1. The molecule has 1 aliphatic rings. The number of hydrogen-bond donors (Lipinski definition) is 3. The highest BCUT2D eigenvalue weighted by molar-refractivity contribution is 7.99. The third-order valence-electron chi connectivity index (χ3n) is 3.03. The van der Waals surface area contributed by atoms with Crippen molar-refractivity contribution in [2.75, 3.05) is 0 Å². The van der Waals surface area contributed by atoms with Crippen LogP contribution < -0.4 is 11.4 Å². The van der Waals surface area contributed by atoms with E-state index in [1.54, 1.807) is 16.7 Å². The Bertz CT molecular complexity index is 734. The van der Waals surface area contributed by atoms with Crippen molar-refractivity contribution in [1.29, 1.82) is 5.41 Å². The number of nitrogens with one attached hydrogen (secondary N) is 2.